The number of alkyl halides is 4. The molecular weight excluding hydrogens is 500 g/mol. The van der Waals surface area contributed by atoms with Crippen molar-refractivity contribution >= 4 is 33.8 Å². The first-order chi connectivity index (χ1) is 15.1. The van der Waals surface area contributed by atoms with Crippen molar-refractivity contribution in [1.82, 2.24) is 0 Å². The largest absolute Gasteiger partial charge is 0.743 e. The zero-order valence-corrected chi connectivity index (χ0v) is 19.2. The molecule has 0 amide bonds. The molecule has 0 aromatic heterocycles. The van der Waals surface area contributed by atoms with Gasteiger partial charge in [-0.2, -0.15) is 17.6 Å². The van der Waals surface area contributed by atoms with Gasteiger partial charge in [-0.25, -0.2) is 13.2 Å². The fourth-order valence-corrected chi connectivity index (χ4v) is 7.33. The lowest BCUT2D eigenvalue weighted by Gasteiger charge is -2.40. The second-order valence-electron chi connectivity index (χ2n) is 8.25. The van der Waals surface area contributed by atoms with Crippen molar-refractivity contribution in [3.8, 4) is 0 Å². The Kier molecular flexibility index (Phi) is 7.06. The molecule has 3 aliphatic rings. The maximum atomic E-state index is 13.4. The summed E-state index contributed by atoms with van der Waals surface area (Å²) < 4.78 is 99.5. The smallest absolute Gasteiger partial charge is 0.396 e. The van der Waals surface area contributed by atoms with Gasteiger partial charge in [0.1, 0.15) is 18.8 Å². The predicted octanol–water partition coefficient (Wildman–Crippen LogP) is 1.28. The summed E-state index contributed by atoms with van der Waals surface area (Å²) in [7, 11) is -6.63. The standard InChI is InChI=1S/C18H24F4O9S2/c1-3-16(25,4-2)10-9-13-12(31-15(9)24)11(14(10)32-13)30-7-8(23)29-6-5-17(19,20)18(21,22)33(26,27)28/h9-14,25H,3-7H2,1-2H3,(H,26,27,28)/p-1. The maximum Gasteiger partial charge on any atom is 0.396 e. The van der Waals surface area contributed by atoms with E-state index in [2.05, 4.69) is 4.74 Å². The first-order valence-corrected chi connectivity index (χ1v) is 12.5. The Labute approximate surface area is 191 Å². The summed E-state index contributed by atoms with van der Waals surface area (Å²) >= 11 is 1.41. The Bertz CT molecular complexity index is 893. The van der Waals surface area contributed by atoms with Crippen molar-refractivity contribution < 1.29 is 59.4 Å². The van der Waals surface area contributed by atoms with Gasteiger partial charge in [-0.05, 0) is 12.8 Å². The molecule has 3 saturated heterocycles. The van der Waals surface area contributed by atoms with Crippen LogP contribution in [0.3, 0.4) is 0 Å². The third-order valence-corrected chi connectivity index (χ3v) is 9.24. The number of thioether (sulfide) groups is 1. The number of fused-ring (bicyclic) bond motifs is 1. The minimum absolute atomic E-state index is 0.270. The Hall–Kier alpha value is -1.16. The van der Waals surface area contributed by atoms with E-state index in [4.69, 9.17) is 9.47 Å². The Morgan fingerprint density at radius 3 is 2.36 bits per heavy atom. The fourth-order valence-electron chi connectivity index (χ4n) is 4.70. The van der Waals surface area contributed by atoms with E-state index in [0.717, 1.165) is 0 Å². The van der Waals surface area contributed by atoms with Gasteiger partial charge in [0.05, 0.1) is 29.8 Å². The van der Waals surface area contributed by atoms with Crippen LogP contribution in [0.5, 0.6) is 0 Å². The second kappa shape index (κ2) is 8.81. The lowest BCUT2D eigenvalue weighted by molar-refractivity contribution is -0.177. The lowest BCUT2D eigenvalue weighted by atomic mass is 9.67. The summed E-state index contributed by atoms with van der Waals surface area (Å²) in [4.78, 5) is 24.2. The van der Waals surface area contributed by atoms with Crippen LogP contribution in [-0.2, 0) is 33.9 Å². The molecule has 0 aliphatic carbocycles. The minimum Gasteiger partial charge on any atom is -0.743 e. The van der Waals surface area contributed by atoms with Gasteiger partial charge in [0, 0.05) is 11.2 Å². The molecule has 3 rings (SSSR count). The van der Waals surface area contributed by atoms with Gasteiger partial charge in [0.25, 0.3) is 0 Å². The van der Waals surface area contributed by atoms with E-state index in [1.165, 1.54) is 11.8 Å². The Balaban J connectivity index is 1.57. The normalized spacial score (nSPS) is 31.7. The average Bonchev–Trinajstić information content (AvgIpc) is 3.33. The molecule has 2 bridgehead atoms. The van der Waals surface area contributed by atoms with Crippen molar-refractivity contribution in [2.75, 3.05) is 13.2 Å². The number of ether oxygens (including phenoxy) is 3. The van der Waals surface area contributed by atoms with Gasteiger partial charge in [-0.15, -0.1) is 11.8 Å². The topological polar surface area (TPSA) is 139 Å². The number of carbonyl (C=O) groups excluding carboxylic acids is 2. The van der Waals surface area contributed by atoms with E-state index in [-0.39, 0.29) is 10.5 Å². The number of esters is 2. The summed E-state index contributed by atoms with van der Waals surface area (Å²) in [6, 6.07) is 0. The molecule has 3 fully saturated rings. The highest BCUT2D eigenvalue weighted by Crippen LogP contribution is 2.62. The molecule has 0 spiro atoms. The van der Waals surface area contributed by atoms with Crippen LogP contribution in [0.1, 0.15) is 33.1 Å². The molecule has 6 atom stereocenters. The number of aliphatic hydroxyl groups is 1. The van der Waals surface area contributed by atoms with Crippen LogP contribution in [0.4, 0.5) is 17.6 Å². The fraction of sp³-hybridized carbons (Fsp3) is 0.889. The number of carbonyl (C=O) groups is 2. The summed E-state index contributed by atoms with van der Waals surface area (Å²) in [5.74, 6) is -7.91. The van der Waals surface area contributed by atoms with E-state index in [1.807, 2.05) is 0 Å². The predicted molar refractivity (Wildman–Crippen MR) is 102 cm³/mol. The van der Waals surface area contributed by atoms with E-state index < -0.39 is 82.5 Å². The number of hydrogen-bond donors (Lipinski definition) is 1. The summed E-state index contributed by atoms with van der Waals surface area (Å²) in [6.45, 7) is 1.49. The molecule has 6 unspecified atom stereocenters. The van der Waals surface area contributed by atoms with Crippen molar-refractivity contribution in [3.05, 3.63) is 0 Å². The highest BCUT2D eigenvalue weighted by Gasteiger charge is 2.71. The van der Waals surface area contributed by atoms with Crippen LogP contribution >= 0.6 is 11.8 Å². The van der Waals surface area contributed by atoms with E-state index in [9.17, 15) is 45.2 Å². The molecule has 0 aromatic carbocycles. The summed E-state index contributed by atoms with van der Waals surface area (Å²) in [5.41, 5.74) is -1.16. The van der Waals surface area contributed by atoms with Crippen LogP contribution in [0.25, 0.3) is 0 Å². The van der Waals surface area contributed by atoms with Gasteiger partial charge in [-0.1, -0.05) is 13.8 Å². The van der Waals surface area contributed by atoms with E-state index in [0.29, 0.717) is 12.8 Å². The Morgan fingerprint density at radius 1 is 1.21 bits per heavy atom. The van der Waals surface area contributed by atoms with Crippen LogP contribution in [-0.4, -0.2) is 82.7 Å². The zero-order chi connectivity index (χ0) is 25.0. The molecule has 190 valence electrons. The zero-order valence-electron chi connectivity index (χ0n) is 17.5. The van der Waals surface area contributed by atoms with Crippen LogP contribution in [0, 0.1) is 11.8 Å². The summed E-state index contributed by atoms with van der Waals surface area (Å²) in [5, 5.41) is 4.52. The van der Waals surface area contributed by atoms with Crippen molar-refractivity contribution in [3.63, 3.8) is 0 Å². The minimum atomic E-state index is -6.63. The van der Waals surface area contributed by atoms with Crippen LogP contribution in [0.2, 0.25) is 0 Å². The quantitative estimate of drug-likeness (QED) is 0.239. The van der Waals surface area contributed by atoms with Crippen molar-refractivity contribution in [2.24, 2.45) is 11.8 Å². The van der Waals surface area contributed by atoms with Gasteiger partial charge < -0.3 is 23.9 Å². The van der Waals surface area contributed by atoms with Gasteiger partial charge in [0.15, 0.2) is 10.1 Å². The van der Waals surface area contributed by atoms with Crippen molar-refractivity contribution in [1.29, 1.82) is 0 Å². The highest BCUT2D eigenvalue weighted by molar-refractivity contribution is 8.01. The maximum absolute atomic E-state index is 13.4. The molecular formula is C18H23F4O9S2-. The van der Waals surface area contributed by atoms with E-state index >= 15 is 0 Å². The van der Waals surface area contributed by atoms with Gasteiger partial charge in [-0.3, -0.25) is 4.79 Å². The molecule has 9 nitrogen and oxygen atoms in total. The molecule has 3 aliphatic heterocycles. The molecule has 0 saturated carbocycles. The first-order valence-electron chi connectivity index (χ1n) is 10.2. The molecule has 1 N–H and O–H groups in total. The van der Waals surface area contributed by atoms with Crippen molar-refractivity contribution in [2.45, 2.75) is 72.6 Å². The number of halogens is 4. The molecule has 15 heteroatoms. The molecule has 33 heavy (non-hydrogen) atoms. The molecule has 0 radical (unpaired) electrons. The van der Waals surface area contributed by atoms with Crippen LogP contribution < -0.4 is 0 Å². The van der Waals surface area contributed by atoms with Gasteiger partial charge in [0.2, 0.25) is 0 Å². The number of rotatable bonds is 11. The number of hydrogen-bond acceptors (Lipinski definition) is 10. The van der Waals surface area contributed by atoms with Gasteiger partial charge >= 0.3 is 23.1 Å². The average molecular weight is 523 g/mol. The lowest BCUT2D eigenvalue weighted by Crippen LogP contribution is -2.53. The third-order valence-electron chi connectivity index (χ3n) is 6.56. The Morgan fingerprint density at radius 2 is 1.82 bits per heavy atom. The third kappa shape index (κ3) is 4.34. The molecule has 0 aromatic rings. The van der Waals surface area contributed by atoms with Crippen LogP contribution in [0.15, 0.2) is 0 Å². The first kappa shape index (κ1) is 26.4. The van der Waals surface area contributed by atoms with E-state index in [1.54, 1.807) is 13.8 Å². The molecule has 3 heterocycles. The highest BCUT2D eigenvalue weighted by atomic mass is 32.2. The summed E-state index contributed by atoms with van der Waals surface area (Å²) in [6.07, 6.45) is -2.59. The second-order valence-corrected chi connectivity index (χ2v) is 11.0. The SMILES string of the molecule is CCC(O)(CC)C1C2SC3C(OC(=O)C31)C2OCC(=O)OCCC(F)(F)C(F)(F)S(=O)(=O)[O-]. The monoisotopic (exact) mass is 523 g/mol.